The molecule has 24 heavy (non-hydrogen) atoms. The summed E-state index contributed by atoms with van der Waals surface area (Å²) >= 11 is 4.96. The van der Waals surface area contributed by atoms with Crippen LogP contribution in [0.5, 0.6) is 5.75 Å². The molecule has 0 fully saturated rings. The fourth-order valence-electron chi connectivity index (χ4n) is 2.55. The highest BCUT2D eigenvalue weighted by Gasteiger charge is 2.23. The third-order valence-corrected chi connectivity index (χ3v) is 5.13. The molecule has 0 radical (unpaired) electrons. The lowest BCUT2D eigenvalue weighted by atomic mass is 10.00. The van der Waals surface area contributed by atoms with Gasteiger partial charge in [-0.05, 0) is 24.3 Å². The zero-order valence-corrected chi connectivity index (χ0v) is 14.9. The first kappa shape index (κ1) is 15.3. The van der Waals surface area contributed by atoms with Crippen LogP contribution in [0, 0.1) is 0 Å². The normalized spacial score (nSPS) is 15.2. The van der Waals surface area contributed by atoms with Crippen molar-refractivity contribution in [1.29, 1.82) is 0 Å². The van der Waals surface area contributed by atoms with Crippen LogP contribution in [0.15, 0.2) is 64.0 Å². The number of rotatable bonds is 2. The van der Waals surface area contributed by atoms with Crippen LogP contribution in [0.2, 0.25) is 0 Å². The van der Waals surface area contributed by atoms with Gasteiger partial charge in [-0.2, -0.15) is 0 Å². The number of thiazole rings is 1. The monoisotopic (exact) mass is 397 g/mol. The number of hydrogen-bond donors (Lipinski definition) is 0. The number of fused-ring (bicyclic) bond motifs is 1. The number of carbonyl (C=O) groups excluding carboxylic acids is 1. The van der Waals surface area contributed by atoms with Gasteiger partial charge in [0.05, 0.1) is 11.3 Å². The molecular weight excluding hydrogens is 386 g/mol. The SMILES string of the molecule is O=C1/C(=C/c2csc(-c3ccccc3)n2)COc2cc(Br)ccc21. The molecule has 0 N–H and O–H groups in total. The maximum absolute atomic E-state index is 12.6. The molecule has 0 amide bonds. The number of benzene rings is 2. The van der Waals surface area contributed by atoms with E-state index in [4.69, 9.17) is 4.74 Å². The molecule has 0 atom stereocenters. The Morgan fingerprint density at radius 1 is 1.17 bits per heavy atom. The summed E-state index contributed by atoms with van der Waals surface area (Å²) in [4.78, 5) is 17.2. The summed E-state index contributed by atoms with van der Waals surface area (Å²) in [6.45, 7) is 0.264. The molecule has 0 bridgehead atoms. The quantitative estimate of drug-likeness (QED) is 0.555. The number of Topliss-reactive ketones (excluding diaryl/α,β-unsaturated/α-hetero) is 1. The summed E-state index contributed by atoms with van der Waals surface area (Å²) in [5.41, 5.74) is 3.07. The van der Waals surface area contributed by atoms with Gasteiger partial charge in [-0.1, -0.05) is 46.3 Å². The second-order valence-corrected chi connectivity index (χ2v) is 7.15. The lowest BCUT2D eigenvalue weighted by molar-refractivity contribution is 0.100. The van der Waals surface area contributed by atoms with E-state index in [1.54, 1.807) is 17.4 Å². The van der Waals surface area contributed by atoms with E-state index in [0.29, 0.717) is 16.9 Å². The third-order valence-electron chi connectivity index (χ3n) is 3.73. The zero-order chi connectivity index (χ0) is 16.5. The largest absolute Gasteiger partial charge is 0.488 e. The molecule has 1 aliphatic heterocycles. The minimum Gasteiger partial charge on any atom is -0.488 e. The van der Waals surface area contributed by atoms with E-state index < -0.39 is 0 Å². The number of aromatic nitrogens is 1. The summed E-state index contributed by atoms with van der Waals surface area (Å²) in [7, 11) is 0. The smallest absolute Gasteiger partial charge is 0.196 e. The van der Waals surface area contributed by atoms with Gasteiger partial charge in [0.15, 0.2) is 5.78 Å². The molecule has 3 aromatic rings. The molecule has 0 spiro atoms. The van der Waals surface area contributed by atoms with Crippen LogP contribution < -0.4 is 4.74 Å². The Morgan fingerprint density at radius 2 is 2.00 bits per heavy atom. The van der Waals surface area contributed by atoms with Crippen molar-refractivity contribution in [3.05, 3.63) is 75.2 Å². The lowest BCUT2D eigenvalue weighted by Gasteiger charge is -2.18. The molecule has 2 aromatic carbocycles. The summed E-state index contributed by atoms with van der Waals surface area (Å²) in [6.07, 6.45) is 1.82. The molecule has 0 aliphatic carbocycles. The average Bonchev–Trinajstić information content (AvgIpc) is 3.07. The predicted molar refractivity (Wildman–Crippen MR) is 99.5 cm³/mol. The molecule has 2 heterocycles. The summed E-state index contributed by atoms with van der Waals surface area (Å²) in [5.74, 6) is 0.618. The Hall–Kier alpha value is -2.24. The Morgan fingerprint density at radius 3 is 2.83 bits per heavy atom. The first-order chi connectivity index (χ1) is 11.7. The molecule has 1 aliphatic rings. The molecule has 3 nitrogen and oxygen atoms in total. The molecule has 0 unspecified atom stereocenters. The second-order valence-electron chi connectivity index (χ2n) is 5.37. The lowest BCUT2D eigenvalue weighted by Crippen LogP contribution is -2.19. The number of halogens is 1. The number of hydrogen-bond acceptors (Lipinski definition) is 4. The first-order valence-corrected chi connectivity index (χ1v) is 9.06. The van der Waals surface area contributed by atoms with Crippen LogP contribution in [0.3, 0.4) is 0 Å². The van der Waals surface area contributed by atoms with Gasteiger partial charge in [-0.3, -0.25) is 4.79 Å². The van der Waals surface area contributed by atoms with Gasteiger partial charge in [0.2, 0.25) is 0 Å². The van der Waals surface area contributed by atoms with Crippen molar-refractivity contribution in [1.82, 2.24) is 4.98 Å². The third kappa shape index (κ3) is 2.92. The molecule has 4 rings (SSSR count). The number of nitrogens with zero attached hydrogens (tertiary/aromatic N) is 1. The fourth-order valence-corrected chi connectivity index (χ4v) is 3.67. The minimum atomic E-state index is -0.00184. The van der Waals surface area contributed by atoms with Crippen molar-refractivity contribution < 1.29 is 9.53 Å². The van der Waals surface area contributed by atoms with E-state index in [1.165, 1.54) is 0 Å². The van der Waals surface area contributed by atoms with Crippen molar-refractivity contribution in [2.24, 2.45) is 0 Å². The van der Waals surface area contributed by atoms with Gasteiger partial charge >= 0.3 is 0 Å². The van der Waals surface area contributed by atoms with Crippen LogP contribution in [0.25, 0.3) is 16.6 Å². The summed E-state index contributed by atoms with van der Waals surface area (Å²) < 4.78 is 6.60. The van der Waals surface area contributed by atoms with E-state index in [2.05, 4.69) is 20.9 Å². The van der Waals surface area contributed by atoms with Crippen molar-refractivity contribution in [2.75, 3.05) is 6.61 Å². The molecule has 0 saturated carbocycles. The van der Waals surface area contributed by atoms with Gasteiger partial charge in [0.1, 0.15) is 17.4 Å². The summed E-state index contributed by atoms with van der Waals surface area (Å²) in [6, 6.07) is 15.5. The molecule has 5 heteroatoms. The van der Waals surface area contributed by atoms with E-state index in [-0.39, 0.29) is 12.4 Å². The highest BCUT2D eigenvalue weighted by atomic mass is 79.9. The van der Waals surface area contributed by atoms with E-state index in [9.17, 15) is 4.79 Å². The van der Waals surface area contributed by atoms with Gasteiger partial charge in [-0.25, -0.2) is 4.98 Å². The highest BCUT2D eigenvalue weighted by molar-refractivity contribution is 9.10. The number of ether oxygens (including phenoxy) is 1. The molecule has 1 aromatic heterocycles. The average molecular weight is 398 g/mol. The van der Waals surface area contributed by atoms with E-state index in [0.717, 1.165) is 20.7 Å². The number of carbonyl (C=O) groups is 1. The Balaban J connectivity index is 1.64. The van der Waals surface area contributed by atoms with Gasteiger partial charge < -0.3 is 4.74 Å². The highest BCUT2D eigenvalue weighted by Crippen LogP contribution is 2.31. The van der Waals surface area contributed by atoms with Crippen molar-refractivity contribution >= 4 is 39.1 Å². The van der Waals surface area contributed by atoms with Crippen molar-refractivity contribution in [3.8, 4) is 16.3 Å². The van der Waals surface area contributed by atoms with Crippen molar-refractivity contribution in [3.63, 3.8) is 0 Å². The van der Waals surface area contributed by atoms with E-state index in [1.807, 2.05) is 53.9 Å². The first-order valence-electron chi connectivity index (χ1n) is 7.39. The molecule has 118 valence electrons. The Bertz CT molecular complexity index is 947. The predicted octanol–water partition coefficient (Wildman–Crippen LogP) is 5.23. The summed E-state index contributed by atoms with van der Waals surface area (Å²) in [5, 5.41) is 2.90. The van der Waals surface area contributed by atoms with Crippen LogP contribution >= 0.6 is 27.3 Å². The topological polar surface area (TPSA) is 39.2 Å². The second kappa shape index (κ2) is 6.34. The Labute approximate surface area is 151 Å². The van der Waals surface area contributed by atoms with Crippen molar-refractivity contribution in [2.45, 2.75) is 0 Å². The van der Waals surface area contributed by atoms with Crippen LogP contribution in [0.4, 0.5) is 0 Å². The fraction of sp³-hybridized carbons (Fsp3) is 0.0526. The van der Waals surface area contributed by atoms with Gasteiger partial charge in [0, 0.05) is 21.0 Å². The zero-order valence-electron chi connectivity index (χ0n) is 12.5. The maximum Gasteiger partial charge on any atom is 0.196 e. The van der Waals surface area contributed by atoms with Crippen LogP contribution in [-0.2, 0) is 0 Å². The van der Waals surface area contributed by atoms with Gasteiger partial charge in [-0.15, -0.1) is 11.3 Å². The minimum absolute atomic E-state index is 0.00184. The van der Waals surface area contributed by atoms with Crippen LogP contribution in [0.1, 0.15) is 16.1 Å². The van der Waals surface area contributed by atoms with E-state index >= 15 is 0 Å². The standard InChI is InChI=1S/C19H12BrNO2S/c20-14-6-7-16-17(9-14)23-10-13(18(16)22)8-15-11-24-19(21-15)12-4-2-1-3-5-12/h1-9,11H,10H2/b13-8+. The van der Waals surface area contributed by atoms with Crippen LogP contribution in [-0.4, -0.2) is 17.4 Å². The Kier molecular flexibility index (Phi) is 4.04. The number of ketones is 1. The maximum atomic E-state index is 12.6. The van der Waals surface area contributed by atoms with Gasteiger partial charge in [0.25, 0.3) is 0 Å². The molecule has 0 saturated heterocycles. The molecular formula is C19H12BrNO2S.